The van der Waals surface area contributed by atoms with E-state index in [4.69, 9.17) is 4.74 Å². The zero-order chi connectivity index (χ0) is 25.3. The molecule has 0 radical (unpaired) electrons. The van der Waals surface area contributed by atoms with E-state index in [0.717, 1.165) is 12.8 Å². The van der Waals surface area contributed by atoms with Crippen LogP contribution in [0.15, 0.2) is 30.3 Å². The lowest BCUT2D eigenvalue weighted by molar-refractivity contribution is -0.145. The first-order valence-electron chi connectivity index (χ1n) is 12.6. The lowest BCUT2D eigenvalue weighted by atomic mass is 9.70. The maximum absolute atomic E-state index is 14.0. The molecule has 0 saturated carbocycles. The third-order valence-electron chi connectivity index (χ3n) is 7.50. The van der Waals surface area contributed by atoms with Crippen molar-refractivity contribution in [3.8, 4) is 0 Å². The number of nitrogens with one attached hydrogen (secondary N) is 2. The van der Waals surface area contributed by atoms with Gasteiger partial charge in [0.2, 0.25) is 17.7 Å². The molecule has 0 aromatic heterocycles. The van der Waals surface area contributed by atoms with Crippen molar-refractivity contribution in [1.82, 2.24) is 10.2 Å². The number of amides is 3. The van der Waals surface area contributed by atoms with Crippen LogP contribution in [0.2, 0.25) is 0 Å². The first-order chi connectivity index (χ1) is 16.7. The Morgan fingerprint density at radius 2 is 1.97 bits per heavy atom. The molecule has 0 aliphatic carbocycles. The van der Waals surface area contributed by atoms with E-state index >= 15 is 0 Å². The molecule has 192 valence electrons. The minimum atomic E-state index is -1.12. The number of hydrogen-bond donors (Lipinski definition) is 3. The van der Waals surface area contributed by atoms with E-state index in [0.29, 0.717) is 25.1 Å². The first-order valence-corrected chi connectivity index (χ1v) is 13.5. The number of aliphatic hydroxyl groups excluding tert-OH is 1. The lowest BCUT2D eigenvalue weighted by Crippen LogP contribution is -2.58. The van der Waals surface area contributed by atoms with Crippen LogP contribution in [0.3, 0.4) is 0 Å². The van der Waals surface area contributed by atoms with E-state index in [1.165, 1.54) is 4.90 Å². The SMILES string of the molecule is CCCCNC(=O)C1N([C@@H](CO)CC(C)C)C(=O)[C@@H]2[C@H](C(=O)Nc3ccccc3)[C@H]3OC12CC3Br. The van der Waals surface area contributed by atoms with Gasteiger partial charge < -0.3 is 25.4 Å². The number of hydrogen-bond acceptors (Lipinski definition) is 5. The summed E-state index contributed by atoms with van der Waals surface area (Å²) in [4.78, 5) is 42.5. The highest BCUT2D eigenvalue weighted by atomic mass is 79.9. The number of fused-ring (bicyclic) bond motifs is 1. The Bertz CT molecular complexity index is 944. The van der Waals surface area contributed by atoms with Crippen LogP contribution in [-0.4, -0.2) is 69.5 Å². The number of likely N-dealkylation sites (tertiary alicyclic amines) is 1. The second-order valence-corrected chi connectivity index (χ2v) is 11.6. The van der Waals surface area contributed by atoms with Gasteiger partial charge in [0.25, 0.3) is 0 Å². The molecule has 2 bridgehead atoms. The molecule has 4 rings (SSSR count). The van der Waals surface area contributed by atoms with Crippen LogP contribution >= 0.6 is 15.9 Å². The first kappa shape index (κ1) is 26.1. The highest BCUT2D eigenvalue weighted by Crippen LogP contribution is 2.60. The van der Waals surface area contributed by atoms with Gasteiger partial charge >= 0.3 is 0 Å². The van der Waals surface area contributed by atoms with Crippen molar-refractivity contribution < 1.29 is 24.2 Å². The summed E-state index contributed by atoms with van der Waals surface area (Å²) in [5.41, 5.74) is -0.473. The minimum absolute atomic E-state index is 0.165. The van der Waals surface area contributed by atoms with Crippen LogP contribution in [-0.2, 0) is 19.1 Å². The third kappa shape index (κ3) is 4.62. The Kier molecular flexibility index (Phi) is 7.88. The molecule has 1 aromatic rings. The van der Waals surface area contributed by atoms with E-state index < -0.39 is 35.6 Å². The average Bonchev–Trinajstić information content (AvgIpc) is 3.41. The summed E-state index contributed by atoms with van der Waals surface area (Å²) in [5, 5.41) is 16.2. The Morgan fingerprint density at radius 3 is 2.60 bits per heavy atom. The number of unbranched alkanes of at least 4 members (excludes halogenated alkanes) is 1. The fourth-order valence-corrected chi connectivity index (χ4v) is 7.06. The molecule has 1 spiro atoms. The van der Waals surface area contributed by atoms with Crippen molar-refractivity contribution in [3.63, 3.8) is 0 Å². The van der Waals surface area contributed by atoms with E-state index in [2.05, 4.69) is 26.6 Å². The molecule has 9 heteroatoms. The molecule has 8 nitrogen and oxygen atoms in total. The Labute approximate surface area is 215 Å². The number of rotatable bonds is 10. The normalized spacial score (nSPS) is 32.1. The van der Waals surface area contributed by atoms with Crippen molar-refractivity contribution in [2.24, 2.45) is 17.8 Å². The predicted molar refractivity (Wildman–Crippen MR) is 136 cm³/mol. The van der Waals surface area contributed by atoms with Crippen LogP contribution in [0, 0.1) is 17.8 Å². The van der Waals surface area contributed by atoms with E-state index in [1.807, 2.05) is 39.0 Å². The van der Waals surface area contributed by atoms with Gasteiger partial charge in [-0.3, -0.25) is 14.4 Å². The quantitative estimate of drug-likeness (QED) is 0.307. The maximum atomic E-state index is 14.0. The Hall–Kier alpha value is -1.97. The summed E-state index contributed by atoms with van der Waals surface area (Å²) >= 11 is 3.68. The Balaban J connectivity index is 1.71. The van der Waals surface area contributed by atoms with Gasteiger partial charge in [0.05, 0.1) is 30.6 Å². The molecule has 3 N–H and O–H groups in total. The third-order valence-corrected chi connectivity index (χ3v) is 8.34. The number of halogens is 1. The van der Waals surface area contributed by atoms with Crippen LogP contribution in [0.1, 0.15) is 46.5 Å². The van der Waals surface area contributed by atoms with Gasteiger partial charge in [-0.05, 0) is 37.3 Å². The minimum Gasteiger partial charge on any atom is -0.394 e. The monoisotopic (exact) mass is 549 g/mol. The van der Waals surface area contributed by atoms with Gasteiger partial charge in [0, 0.05) is 17.1 Å². The Morgan fingerprint density at radius 1 is 1.26 bits per heavy atom. The van der Waals surface area contributed by atoms with Crippen LogP contribution in [0.5, 0.6) is 0 Å². The zero-order valence-corrected chi connectivity index (χ0v) is 22.2. The van der Waals surface area contributed by atoms with Crippen LogP contribution < -0.4 is 10.6 Å². The topological polar surface area (TPSA) is 108 Å². The van der Waals surface area contributed by atoms with E-state index in [9.17, 15) is 19.5 Å². The number of carbonyl (C=O) groups is 3. The summed E-state index contributed by atoms with van der Waals surface area (Å²) < 4.78 is 6.50. The van der Waals surface area contributed by atoms with E-state index in [1.54, 1.807) is 12.1 Å². The molecule has 3 amide bonds. The second-order valence-electron chi connectivity index (χ2n) is 10.4. The summed E-state index contributed by atoms with van der Waals surface area (Å²) in [7, 11) is 0. The number of aliphatic hydroxyl groups is 1. The number of nitrogens with zero attached hydrogens (tertiary/aromatic N) is 1. The van der Waals surface area contributed by atoms with Crippen molar-refractivity contribution in [3.05, 3.63) is 30.3 Å². The van der Waals surface area contributed by atoms with Crippen molar-refractivity contribution in [2.45, 2.75) is 75.1 Å². The van der Waals surface area contributed by atoms with Gasteiger partial charge in [-0.1, -0.05) is 61.3 Å². The molecular formula is C26H36BrN3O5. The average molecular weight is 550 g/mol. The predicted octanol–water partition coefficient (Wildman–Crippen LogP) is 2.70. The molecule has 35 heavy (non-hydrogen) atoms. The van der Waals surface area contributed by atoms with Crippen LogP contribution in [0.25, 0.3) is 0 Å². The second kappa shape index (κ2) is 10.6. The number of carbonyl (C=O) groups excluding carboxylic acids is 3. The van der Waals surface area contributed by atoms with Gasteiger partial charge in [-0.2, -0.15) is 0 Å². The van der Waals surface area contributed by atoms with Crippen molar-refractivity contribution in [1.29, 1.82) is 0 Å². The molecule has 3 aliphatic rings. The summed E-state index contributed by atoms with van der Waals surface area (Å²) in [6.45, 7) is 6.33. The highest BCUT2D eigenvalue weighted by molar-refractivity contribution is 9.09. The largest absolute Gasteiger partial charge is 0.394 e. The zero-order valence-electron chi connectivity index (χ0n) is 20.6. The van der Waals surface area contributed by atoms with Crippen LogP contribution in [0.4, 0.5) is 5.69 Å². The van der Waals surface area contributed by atoms with Crippen molar-refractivity contribution >= 4 is 39.3 Å². The lowest BCUT2D eigenvalue weighted by Gasteiger charge is -2.37. The molecule has 3 unspecified atom stereocenters. The van der Waals surface area contributed by atoms with Gasteiger partial charge in [-0.15, -0.1) is 0 Å². The summed E-state index contributed by atoms with van der Waals surface area (Å²) in [6.07, 6.45) is 2.23. The summed E-state index contributed by atoms with van der Waals surface area (Å²) in [5.74, 6) is -2.17. The molecular weight excluding hydrogens is 514 g/mol. The molecule has 3 aliphatic heterocycles. The number of anilines is 1. The van der Waals surface area contributed by atoms with Crippen molar-refractivity contribution in [2.75, 3.05) is 18.5 Å². The number of ether oxygens (including phenoxy) is 1. The highest BCUT2D eigenvalue weighted by Gasteiger charge is 2.77. The van der Waals surface area contributed by atoms with Gasteiger partial charge in [0.15, 0.2) is 0 Å². The van der Waals surface area contributed by atoms with Gasteiger partial charge in [0.1, 0.15) is 11.6 Å². The molecule has 7 atom stereocenters. The maximum Gasteiger partial charge on any atom is 0.245 e. The molecule has 1 aromatic carbocycles. The van der Waals surface area contributed by atoms with Gasteiger partial charge in [-0.25, -0.2) is 0 Å². The van der Waals surface area contributed by atoms with E-state index in [-0.39, 0.29) is 35.1 Å². The fraction of sp³-hybridized carbons (Fsp3) is 0.654. The number of benzene rings is 1. The smallest absolute Gasteiger partial charge is 0.245 e. The number of alkyl halides is 1. The molecule has 3 fully saturated rings. The number of para-hydroxylation sites is 1. The summed E-state index contributed by atoms with van der Waals surface area (Å²) in [6, 6.07) is 7.70. The molecule has 3 saturated heterocycles. The fourth-order valence-electron chi connectivity index (χ4n) is 6.11. The standard InChI is InChI=1S/C26H36BrN3O5/c1-4-5-11-28-24(33)22-26-13-18(27)21(35-26)19(23(32)29-16-9-7-6-8-10-16)20(26)25(34)30(22)17(14-31)12-15(2)3/h6-10,15,17-22,31H,4-5,11-14H2,1-3H3,(H,28,33)(H,29,32)/t17-,18?,19+,20+,21+,22?,26?/m1/s1. The molecule has 3 heterocycles.